The van der Waals surface area contributed by atoms with E-state index in [1.807, 2.05) is 49.3 Å². The third-order valence-corrected chi connectivity index (χ3v) is 4.71. The fraction of sp³-hybridized carbons (Fsp3) is 0.333. The van der Waals surface area contributed by atoms with Crippen molar-refractivity contribution in [1.82, 2.24) is 25.0 Å². The third kappa shape index (κ3) is 4.78. The van der Waals surface area contributed by atoms with Crippen LogP contribution < -0.4 is 10.9 Å². The highest BCUT2D eigenvalue weighted by Gasteiger charge is 2.15. The number of rotatable bonds is 9. The Labute approximate surface area is 169 Å². The van der Waals surface area contributed by atoms with Crippen LogP contribution in [0, 0.1) is 5.41 Å². The summed E-state index contributed by atoms with van der Waals surface area (Å²) in [6, 6.07) is 9.28. The quantitative estimate of drug-likeness (QED) is 0.480. The number of carbonyl (C=O) groups excluding carboxylic acids is 1. The lowest BCUT2D eigenvalue weighted by atomic mass is 10.1. The minimum Gasteiger partial charge on any atom is -0.355 e. The lowest BCUT2D eigenvalue weighted by molar-refractivity contribution is -0.121. The lowest BCUT2D eigenvalue weighted by Crippen LogP contribution is -2.31. The first-order valence-electron chi connectivity index (χ1n) is 9.61. The van der Waals surface area contributed by atoms with Crippen LogP contribution in [0.25, 0.3) is 16.6 Å². The van der Waals surface area contributed by atoms with Gasteiger partial charge >= 0.3 is 0 Å². The standard InChI is InChI=1S/C21H26N6O2/c1-26(2)12-11-23-19(28)10-6-9-18-16(13-22)20-17(14-24-18)21(29)27(25-20)15-7-4-3-5-8-15/h3-5,7-8,13-14,22,25H,6,9-12H2,1-2H3,(H,23,28). The summed E-state index contributed by atoms with van der Waals surface area (Å²) >= 11 is 0. The second-order valence-corrected chi connectivity index (χ2v) is 7.15. The SMILES string of the molecule is CN(C)CCNC(=O)CCCc1ncc2c(=O)n(-c3ccccc3)[nH]c2c1C=N. The Morgan fingerprint density at radius 3 is 2.76 bits per heavy atom. The molecule has 0 saturated carbocycles. The van der Waals surface area contributed by atoms with Crippen LogP contribution in [0.1, 0.15) is 24.1 Å². The van der Waals surface area contributed by atoms with Gasteiger partial charge in [-0.2, -0.15) is 0 Å². The smallest absolute Gasteiger partial charge is 0.280 e. The van der Waals surface area contributed by atoms with E-state index in [4.69, 9.17) is 5.41 Å². The molecule has 1 aromatic carbocycles. The van der Waals surface area contributed by atoms with Gasteiger partial charge in [0.1, 0.15) is 0 Å². The van der Waals surface area contributed by atoms with Crippen LogP contribution >= 0.6 is 0 Å². The number of pyridine rings is 1. The molecule has 8 nitrogen and oxygen atoms in total. The topological polar surface area (TPSA) is 107 Å². The van der Waals surface area contributed by atoms with Gasteiger partial charge in [-0.05, 0) is 39.1 Å². The maximum Gasteiger partial charge on any atom is 0.280 e. The number of likely N-dealkylation sites (N-methyl/N-ethyl adjacent to an activating group) is 1. The molecule has 2 aromatic heterocycles. The van der Waals surface area contributed by atoms with Crippen LogP contribution in [-0.2, 0) is 11.2 Å². The van der Waals surface area contributed by atoms with Gasteiger partial charge in [0.15, 0.2) is 0 Å². The van der Waals surface area contributed by atoms with Crippen molar-refractivity contribution in [3.05, 3.63) is 58.1 Å². The maximum atomic E-state index is 12.7. The normalized spacial score (nSPS) is 11.1. The van der Waals surface area contributed by atoms with Crippen molar-refractivity contribution >= 4 is 23.0 Å². The van der Waals surface area contributed by atoms with Crippen molar-refractivity contribution in [3.8, 4) is 5.69 Å². The molecule has 0 saturated heterocycles. The van der Waals surface area contributed by atoms with Crippen LogP contribution in [-0.4, -0.2) is 59.0 Å². The van der Waals surface area contributed by atoms with Gasteiger partial charge in [0.2, 0.25) is 5.91 Å². The predicted octanol–water partition coefficient (Wildman–Crippen LogP) is 1.71. The van der Waals surface area contributed by atoms with Gasteiger partial charge in [0.25, 0.3) is 5.56 Å². The molecule has 0 radical (unpaired) electrons. The highest BCUT2D eigenvalue weighted by molar-refractivity contribution is 5.97. The van der Waals surface area contributed by atoms with E-state index in [-0.39, 0.29) is 11.5 Å². The van der Waals surface area contributed by atoms with Gasteiger partial charge in [0.05, 0.1) is 22.3 Å². The summed E-state index contributed by atoms with van der Waals surface area (Å²) in [7, 11) is 3.92. The number of hydrogen-bond donors (Lipinski definition) is 3. The van der Waals surface area contributed by atoms with E-state index in [9.17, 15) is 9.59 Å². The molecular formula is C21H26N6O2. The Morgan fingerprint density at radius 1 is 1.31 bits per heavy atom. The molecule has 0 atom stereocenters. The van der Waals surface area contributed by atoms with Crippen molar-refractivity contribution in [1.29, 1.82) is 5.41 Å². The number of para-hydroxylation sites is 1. The summed E-state index contributed by atoms with van der Waals surface area (Å²) in [5, 5.41) is 14.3. The summed E-state index contributed by atoms with van der Waals surface area (Å²) < 4.78 is 1.46. The van der Waals surface area contributed by atoms with Crippen molar-refractivity contribution in [2.24, 2.45) is 0 Å². The molecular weight excluding hydrogens is 368 g/mol. The number of aromatic nitrogens is 3. The summed E-state index contributed by atoms with van der Waals surface area (Å²) in [5.74, 6) is 0.00738. The first-order valence-corrected chi connectivity index (χ1v) is 9.61. The highest BCUT2D eigenvalue weighted by atomic mass is 16.1. The number of carbonyl (C=O) groups is 1. The van der Waals surface area contributed by atoms with Gasteiger partial charge in [-0.15, -0.1) is 0 Å². The molecule has 0 aliphatic rings. The number of aryl methyl sites for hydroxylation is 1. The van der Waals surface area contributed by atoms with Gasteiger partial charge in [-0.25, -0.2) is 4.68 Å². The molecule has 0 aliphatic heterocycles. The van der Waals surface area contributed by atoms with E-state index in [1.54, 1.807) is 6.20 Å². The Kier molecular flexibility index (Phi) is 6.56. The molecule has 3 aromatic rings. The summed E-state index contributed by atoms with van der Waals surface area (Å²) in [6.45, 7) is 1.42. The maximum absolute atomic E-state index is 12.7. The van der Waals surface area contributed by atoms with Crippen molar-refractivity contribution in [2.45, 2.75) is 19.3 Å². The molecule has 2 heterocycles. The number of H-pyrrole nitrogens is 1. The Balaban J connectivity index is 1.75. The van der Waals surface area contributed by atoms with E-state index in [0.29, 0.717) is 48.0 Å². The van der Waals surface area contributed by atoms with Crippen LogP contribution in [0.2, 0.25) is 0 Å². The Bertz CT molecular complexity index is 1050. The van der Waals surface area contributed by atoms with Gasteiger partial charge in [0, 0.05) is 37.5 Å². The molecule has 0 fully saturated rings. The van der Waals surface area contributed by atoms with E-state index >= 15 is 0 Å². The number of nitrogens with one attached hydrogen (secondary N) is 3. The number of aromatic amines is 1. The first kappa shape index (κ1) is 20.5. The van der Waals surface area contributed by atoms with Crippen LogP contribution in [0.4, 0.5) is 0 Å². The number of hydrogen-bond acceptors (Lipinski definition) is 5. The summed E-state index contributed by atoms with van der Waals surface area (Å²) in [5.41, 5.74) is 2.40. The number of benzene rings is 1. The summed E-state index contributed by atoms with van der Waals surface area (Å²) in [4.78, 5) is 31.1. The monoisotopic (exact) mass is 394 g/mol. The molecule has 0 aliphatic carbocycles. The summed E-state index contributed by atoms with van der Waals surface area (Å²) in [6.07, 6.45) is 4.34. The first-order chi connectivity index (χ1) is 14.0. The number of fused-ring (bicyclic) bond motifs is 1. The highest BCUT2D eigenvalue weighted by Crippen LogP contribution is 2.18. The third-order valence-electron chi connectivity index (χ3n) is 4.71. The van der Waals surface area contributed by atoms with Crippen molar-refractivity contribution in [3.63, 3.8) is 0 Å². The fourth-order valence-corrected chi connectivity index (χ4v) is 3.17. The molecule has 0 unspecified atom stereocenters. The Morgan fingerprint density at radius 2 is 2.07 bits per heavy atom. The number of nitrogens with zero attached hydrogens (tertiary/aromatic N) is 3. The fourth-order valence-electron chi connectivity index (χ4n) is 3.17. The molecule has 29 heavy (non-hydrogen) atoms. The van der Waals surface area contributed by atoms with Crippen LogP contribution in [0.3, 0.4) is 0 Å². The van der Waals surface area contributed by atoms with Gasteiger partial charge in [-0.3, -0.25) is 19.7 Å². The minimum absolute atomic E-state index is 0.00738. The van der Waals surface area contributed by atoms with E-state index < -0.39 is 0 Å². The van der Waals surface area contributed by atoms with Crippen LogP contribution in [0.5, 0.6) is 0 Å². The second kappa shape index (κ2) is 9.29. The average molecular weight is 394 g/mol. The predicted molar refractivity (Wildman–Crippen MR) is 114 cm³/mol. The zero-order chi connectivity index (χ0) is 20.8. The Hall–Kier alpha value is -3.26. The van der Waals surface area contributed by atoms with E-state index in [1.165, 1.54) is 10.9 Å². The molecule has 3 rings (SSSR count). The molecule has 1 amide bonds. The zero-order valence-electron chi connectivity index (χ0n) is 16.7. The van der Waals surface area contributed by atoms with Gasteiger partial charge in [-0.1, -0.05) is 18.2 Å². The van der Waals surface area contributed by atoms with Crippen molar-refractivity contribution < 1.29 is 4.79 Å². The zero-order valence-corrected chi connectivity index (χ0v) is 16.7. The average Bonchev–Trinajstić information content (AvgIpc) is 3.05. The van der Waals surface area contributed by atoms with Crippen molar-refractivity contribution in [2.75, 3.05) is 27.2 Å². The molecule has 152 valence electrons. The molecule has 0 bridgehead atoms. The number of amides is 1. The minimum atomic E-state index is -0.200. The second-order valence-electron chi connectivity index (χ2n) is 7.15. The molecule has 3 N–H and O–H groups in total. The molecule has 0 spiro atoms. The van der Waals surface area contributed by atoms with Gasteiger partial charge < -0.3 is 15.6 Å². The largest absolute Gasteiger partial charge is 0.355 e. The lowest BCUT2D eigenvalue weighted by Gasteiger charge is -2.10. The molecule has 8 heteroatoms. The van der Waals surface area contributed by atoms with E-state index in [0.717, 1.165) is 12.2 Å². The van der Waals surface area contributed by atoms with E-state index in [2.05, 4.69) is 15.4 Å². The van der Waals surface area contributed by atoms with Crippen LogP contribution in [0.15, 0.2) is 41.3 Å².